The summed E-state index contributed by atoms with van der Waals surface area (Å²) in [4.78, 5) is 15.5. The Hall–Kier alpha value is -2.99. The summed E-state index contributed by atoms with van der Waals surface area (Å²) < 4.78 is 2.41. The van der Waals surface area contributed by atoms with E-state index >= 15 is 0 Å². The summed E-state index contributed by atoms with van der Waals surface area (Å²) in [5.74, 6) is 0.122. The molecule has 2 heterocycles. The van der Waals surface area contributed by atoms with Crippen molar-refractivity contribution in [3.63, 3.8) is 0 Å². The molecule has 5 nitrogen and oxygen atoms in total. The Morgan fingerprint density at radius 3 is 2.92 bits per heavy atom. The van der Waals surface area contributed by atoms with E-state index in [1.807, 2.05) is 24.3 Å². The minimum absolute atomic E-state index is 0.122. The van der Waals surface area contributed by atoms with Crippen LogP contribution in [0.15, 0.2) is 42.5 Å². The lowest BCUT2D eigenvalue weighted by atomic mass is 9.90. The lowest BCUT2D eigenvalue weighted by molar-refractivity contribution is 0.112. The molecule has 0 saturated heterocycles. The van der Waals surface area contributed by atoms with Crippen molar-refractivity contribution >= 4 is 27.8 Å². The lowest BCUT2D eigenvalue weighted by Crippen LogP contribution is -2.02. The SMILES string of the molecule is O=Cc1ccc2nc(-n3nc4c(c3O)-c3ccccc3CC4)sc2c1. The van der Waals surface area contributed by atoms with Crippen molar-refractivity contribution in [2.24, 2.45) is 0 Å². The van der Waals surface area contributed by atoms with Crippen LogP contribution in [0.2, 0.25) is 0 Å². The number of hydrogen-bond donors (Lipinski definition) is 1. The summed E-state index contributed by atoms with van der Waals surface area (Å²) in [6, 6.07) is 13.5. The summed E-state index contributed by atoms with van der Waals surface area (Å²) in [6.45, 7) is 0. The van der Waals surface area contributed by atoms with Crippen LogP contribution in [0.4, 0.5) is 0 Å². The third-order valence-electron chi connectivity index (χ3n) is 4.57. The number of carbonyl (C=O) groups excluding carboxylic acids is 1. The first-order valence-electron chi connectivity index (χ1n) is 8.00. The van der Waals surface area contributed by atoms with Crippen molar-refractivity contribution in [2.75, 3.05) is 0 Å². The molecule has 0 amide bonds. The molecular weight excluding hydrogens is 334 g/mol. The molecule has 4 aromatic rings. The van der Waals surface area contributed by atoms with Crippen LogP contribution in [0, 0.1) is 0 Å². The van der Waals surface area contributed by atoms with E-state index in [2.05, 4.69) is 16.1 Å². The zero-order chi connectivity index (χ0) is 17.0. The van der Waals surface area contributed by atoms with E-state index in [1.165, 1.54) is 21.6 Å². The molecule has 0 unspecified atom stereocenters. The van der Waals surface area contributed by atoms with Gasteiger partial charge in [0.2, 0.25) is 11.0 Å². The number of rotatable bonds is 2. The lowest BCUT2D eigenvalue weighted by Gasteiger charge is -2.14. The smallest absolute Gasteiger partial charge is 0.224 e. The number of thiazole rings is 1. The van der Waals surface area contributed by atoms with Gasteiger partial charge in [-0.3, -0.25) is 4.79 Å². The van der Waals surface area contributed by atoms with E-state index in [-0.39, 0.29) is 5.88 Å². The topological polar surface area (TPSA) is 68.0 Å². The number of aldehydes is 1. The van der Waals surface area contributed by atoms with E-state index in [0.717, 1.165) is 46.2 Å². The number of benzene rings is 2. The molecule has 122 valence electrons. The Labute approximate surface area is 147 Å². The summed E-state index contributed by atoms with van der Waals surface area (Å²) in [5, 5.41) is 16.0. The Morgan fingerprint density at radius 2 is 2.04 bits per heavy atom. The Morgan fingerprint density at radius 1 is 1.16 bits per heavy atom. The predicted octanol–water partition coefficient (Wildman–Crippen LogP) is 3.77. The summed E-state index contributed by atoms with van der Waals surface area (Å²) in [7, 11) is 0. The van der Waals surface area contributed by atoms with Crippen LogP contribution >= 0.6 is 11.3 Å². The van der Waals surface area contributed by atoms with Crippen molar-refractivity contribution < 1.29 is 9.90 Å². The highest BCUT2D eigenvalue weighted by atomic mass is 32.1. The van der Waals surface area contributed by atoms with Crippen LogP contribution in [0.3, 0.4) is 0 Å². The molecular formula is C19H13N3O2S. The van der Waals surface area contributed by atoms with E-state index < -0.39 is 0 Å². The molecule has 25 heavy (non-hydrogen) atoms. The number of aryl methyl sites for hydroxylation is 2. The van der Waals surface area contributed by atoms with Crippen LogP contribution in [0.5, 0.6) is 5.88 Å². The highest BCUT2D eigenvalue weighted by molar-refractivity contribution is 7.20. The molecule has 1 N–H and O–H groups in total. The van der Waals surface area contributed by atoms with Gasteiger partial charge in [0.1, 0.15) is 6.29 Å². The minimum Gasteiger partial charge on any atom is -0.493 e. The van der Waals surface area contributed by atoms with Crippen molar-refractivity contribution in [2.45, 2.75) is 12.8 Å². The van der Waals surface area contributed by atoms with Crippen LogP contribution in [-0.2, 0) is 12.8 Å². The third kappa shape index (κ3) is 2.11. The zero-order valence-corrected chi connectivity index (χ0v) is 14.0. The molecule has 0 radical (unpaired) electrons. The van der Waals surface area contributed by atoms with Gasteiger partial charge in [0.25, 0.3) is 0 Å². The third-order valence-corrected chi connectivity index (χ3v) is 5.56. The van der Waals surface area contributed by atoms with Gasteiger partial charge in [-0.05, 0) is 42.2 Å². The van der Waals surface area contributed by atoms with Crippen LogP contribution in [-0.4, -0.2) is 26.2 Å². The van der Waals surface area contributed by atoms with Crippen molar-refractivity contribution in [3.8, 4) is 22.1 Å². The molecule has 0 spiro atoms. The average Bonchev–Trinajstić information content (AvgIpc) is 3.22. The van der Waals surface area contributed by atoms with Crippen molar-refractivity contribution in [3.05, 3.63) is 59.3 Å². The molecule has 1 aliphatic rings. The number of fused-ring (bicyclic) bond motifs is 4. The number of aromatic hydroxyl groups is 1. The first-order chi connectivity index (χ1) is 12.2. The minimum atomic E-state index is 0.122. The summed E-state index contributed by atoms with van der Waals surface area (Å²) in [6.07, 6.45) is 2.54. The monoisotopic (exact) mass is 347 g/mol. The molecule has 1 aliphatic carbocycles. The fraction of sp³-hybridized carbons (Fsp3) is 0.105. The molecule has 2 aromatic heterocycles. The first kappa shape index (κ1) is 14.4. The fourth-order valence-electron chi connectivity index (χ4n) is 3.37. The van der Waals surface area contributed by atoms with Gasteiger partial charge in [0.15, 0.2) is 0 Å². The van der Waals surface area contributed by atoms with Gasteiger partial charge in [-0.15, -0.1) is 0 Å². The van der Waals surface area contributed by atoms with E-state index in [4.69, 9.17) is 0 Å². The van der Waals surface area contributed by atoms with E-state index in [0.29, 0.717) is 10.7 Å². The average molecular weight is 347 g/mol. The van der Waals surface area contributed by atoms with Crippen LogP contribution in [0.1, 0.15) is 21.6 Å². The number of hydrogen-bond acceptors (Lipinski definition) is 5. The molecule has 6 heteroatoms. The zero-order valence-electron chi connectivity index (χ0n) is 13.1. The van der Waals surface area contributed by atoms with Crippen LogP contribution < -0.4 is 0 Å². The maximum absolute atomic E-state index is 11.0. The summed E-state index contributed by atoms with van der Waals surface area (Å²) >= 11 is 1.41. The highest BCUT2D eigenvalue weighted by Gasteiger charge is 2.26. The molecule has 2 aromatic carbocycles. The maximum Gasteiger partial charge on any atom is 0.224 e. The fourth-order valence-corrected chi connectivity index (χ4v) is 4.33. The van der Waals surface area contributed by atoms with Crippen LogP contribution in [0.25, 0.3) is 26.5 Å². The van der Waals surface area contributed by atoms with Gasteiger partial charge < -0.3 is 5.11 Å². The van der Waals surface area contributed by atoms with Gasteiger partial charge in [0.05, 0.1) is 21.5 Å². The molecule has 0 fully saturated rings. The maximum atomic E-state index is 11.0. The molecule has 0 bridgehead atoms. The first-order valence-corrected chi connectivity index (χ1v) is 8.81. The van der Waals surface area contributed by atoms with E-state index in [9.17, 15) is 9.90 Å². The second kappa shape index (κ2) is 5.26. The molecule has 5 rings (SSSR count). The predicted molar refractivity (Wildman–Crippen MR) is 96.6 cm³/mol. The molecule has 0 saturated carbocycles. The normalized spacial score (nSPS) is 12.8. The Balaban J connectivity index is 1.70. The van der Waals surface area contributed by atoms with E-state index in [1.54, 1.807) is 12.1 Å². The van der Waals surface area contributed by atoms with Gasteiger partial charge >= 0.3 is 0 Å². The number of carbonyl (C=O) groups is 1. The number of nitrogens with zero attached hydrogens (tertiary/aromatic N) is 3. The van der Waals surface area contributed by atoms with Crippen molar-refractivity contribution in [1.82, 2.24) is 14.8 Å². The Kier molecular flexibility index (Phi) is 3.02. The second-order valence-electron chi connectivity index (χ2n) is 6.06. The van der Waals surface area contributed by atoms with Gasteiger partial charge in [0, 0.05) is 5.56 Å². The number of aromatic nitrogens is 3. The van der Waals surface area contributed by atoms with Gasteiger partial charge in [-0.1, -0.05) is 35.6 Å². The van der Waals surface area contributed by atoms with Gasteiger partial charge in [-0.2, -0.15) is 9.78 Å². The molecule has 0 aliphatic heterocycles. The largest absolute Gasteiger partial charge is 0.493 e. The van der Waals surface area contributed by atoms with Gasteiger partial charge in [-0.25, -0.2) is 4.98 Å². The highest BCUT2D eigenvalue weighted by Crippen LogP contribution is 2.41. The summed E-state index contributed by atoms with van der Waals surface area (Å²) in [5.41, 5.74) is 5.36. The van der Waals surface area contributed by atoms with Crippen molar-refractivity contribution in [1.29, 1.82) is 0 Å². The Bertz CT molecular complexity index is 1140. The quantitative estimate of drug-likeness (QED) is 0.561. The second-order valence-corrected chi connectivity index (χ2v) is 7.06. The standard InChI is InChI=1S/C19H13N3O2S/c23-10-11-5-7-14-16(9-11)25-19(20-14)22-18(24)17-13-4-2-1-3-12(13)6-8-15(17)21-22/h1-5,7,9-10,24H,6,8H2. The molecule has 0 atom stereocenters.